The number of nitrogens with zero attached hydrogens (tertiary/aromatic N) is 1. The zero-order valence-corrected chi connectivity index (χ0v) is 14.5. The van der Waals surface area contributed by atoms with Gasteiger partial charge in [-0.25, -0.2) is 0 Å². The number of carbonyl (C=O) groups excluding carboxylic acids is 1. The molecule has 2 fully saturated rings. The van der Waals surface area contributed by atoms with E-state index in [1.807, 2.05) is 31.2 Å². The fourth-order valence-corrected chi connectivity index (χ4v) is 4.25. The third-order valence-electron chi connectivity index (χ3n) is 5.53. The Morgan fingerprint density at radius 1 is 1.33 bits per heavy atom. The van der Waals surface area contributed by atoms with Crippen LogP contribution in [0.5, 0.6) is 0 Å². The summed E-state index contributed by atoms with van der Waals surface area (Å²) in [6, 6.07) is 7.89. The van der Waals surface area contributed by atoms with Crippen molar-refractivity contribution in [2.75, 3.05) is 6.61 Å². The summed E-state index contributed by atoms with van der Waals surface area (Å²) in [5.74, 6) is 2.44. The normalized spacial score (nSPS) is 27.1. The van der Waals surface area contributed by atoms with Crippen LogP contribution in [0.1, 0.15) is 43.7 Å². The number of hydrogen-bond donors (Lipinski definition) is 2. The minimum Gasteiger partial charge on any atom is -0.384 e. The fourth-order valence-electron chi connectivity index (χ4n) is 4.25. The molecule has 130 valence electrons. The van der Waals surface area contributed by atoms with Gasteiger partial charge in [-0.3, -0.25) is 4.79 Å². The van der Waals surface area contributed by atoms with E-state index in [4.69, 9.17) is 10.6 Å². The van der Waals surface area contributed by atoms with Crippen molar-refractivity contribution in [1.82, 2.24) is 5.32 Å². The molecule has 0 saturated heterocycles. The second-order valence-corrected chi connectivity index (χ2v) is 7.31. The summed E-state index contributed by atoms with van der Waals surface area (Å²) in [5.41, 5.74) is 7.81. The van der Waals surface area contributed by atoms with Gasteiger partial charge in [-0.1, -0.05) is 41.4 Å². The van der Waals surface area contributed by atoms with E-state index in [-0.39, 0.29) is 24.4 Å². The van der Waals surface area contributed by atoms with E-state index in [9.17, 15) is 4.79 Å². The van der Waals surface area contributed by atoms with Gasteiger partial charge in [0.2, 0.25) is 0 Å². The molecular weight excluding hydrogens is 302 g/mol. The molecule has 5 heteroatoms. The van der Waals surface area contributed by atoms with Crippen LogP contribution < -0.4 is 11.1 Å². The van der Waals surface area contributed by atoms with E-state index in [2.05, 4.69) is 17.4 Å². The van der Waals surface area contributed by atoms with Gasteiger partial charge in [0.1, 0.15) is 0 Å². The highest BCUT2D eigenvalue weighted by Crippen LogP contribution is 2.49. The van der Waals surface area contributed by atoms with Crippen molar-refractivity contribution in [2.45, 2.75) is 45.6 Å². The Labute approximate surface area is 143 Å². The summed E-state index contributed by atoms with van der Waals surface area (Å²) in [6.07, 6.45) is 5.30. The molecule has 1 aromatic rings. The molecule has 0 heterocycles. The maximum Gasteiger partial charge on any atom is 0.260 e. The van der Waals surface area contributed by atoms with Gasteiger partial charge >= 0.3 is 0 Å². The quantitative estimate of drug-likeness (QED) is 0.478. The first-order chi connectivity index (χ1) is 11.5. The van der Waals surface area contributed by atoms with Gasteiger partial charge in [-0.15, -0.1) is 0 Å². The van der Waals surface area contributed by atoms with Gasteiger partial charge in [0.25, 0.3) is 5.91 Å². The average Bonchev–Trinajstić information content (AvgIpc) is 3.18. The number of amidine groups is 1. The van der Waals surface area contributed by atoms with E-state index in [0.717, 1.165) is 23.0 Å². The topological polar surface area (TPSA) is 76.7 Å². The highest BCUT2D eigenvalue weighted by molar-refractivity contribution is 5.97. The summed E-state index contributed by atoms with van der Waals surface area (Å²) in [7, 11) is 0. The summed E-state index contributed by atoms with van der Waals surface area (Å²) in [5, 5.41) is 6.89. The number of hydrogen-bond acceptors (Lipinski definition) is 3. The molecule has 3 rings (SSSR count). The summed E-state index contributed by atoms with van der Waals surface area (Å²) in [4.78, 5) is 17.2. The van der Waals surface area contributed by atoms with Gasteiger partial charge in [0, 0.05) is 11.6 Å². The smallest absolute Gasteiger partial charge is 0.260 e. The van der Waals surface area contributed by atoms with E-state index in [0.29, 0.717) is 5.92 Å². The number of carbonyl (C=O) groups is 1. The number of fused-ring (bicyclic) bond motifs is 2. The second-order valence-electron chi connectivity index (χ2n) is 7.31. The maximum absolute atomic E-state index is 12.0. The van der Waals surface area contributed by atoms with Crippen LogP contribution in [0.4, 0.5) is 0 Å². The molecule has 1 aromatic carbocycles. The lowest BCUT2D eigenvalue weighted by atomic mass is 9.84. The summed E-state index contributed by atoms with van der Waals surface area (Å²) < 4.78 is 0. The lowest BCUT2D eigenvalue weighted by molar-refractivity contribution is -0.126. The molecule has 0 unspecified atom stereocenters. The second kappa shape index (κ2) is 7.24. The van der Waals surface area contributed by atoms with Crippen LogP contribution in [0, 0.1) is 24.7 Å². The highest BCUT2D eigenvalue weighted by Gasteiger charge is 2.42. The molecule has 0 aliphatic heterocycles. The van der Waals surface area contributed by atoms with Crippen molar-refractivity contribution >= 4 is 11.7 Å². The first-order valence-corrected chi connectivity index (χ1v) is 8.84. The van der Waals surface area contributed by atoms with Crippen molar-refractivity contribution in [3.63, 3.8) is 0 Å². The molecule has 3 N–H and O–H groups in total. The van der Waals surface area contributed by atoms with E-state index in [1.54, 1.807) is 0 Å². The largest absolute Gasteiger partial charge is 0.384 e. The van der Waals surface area contributed by atoms with E-state index < -0.39 is 0 Å². The van der Waals surface area contributed by atoms with E-state index in [1.165, 1.54) is 25.7 Å². The highest BCUT2D eigenvalue weighted by atomic mass is 16.6. The lowest BCUT2D eigenvalue weighted by Gasteiger charge is -2.28. The Morgan fingerprint density at radius 3 is 2.71 bits per heavy atom. The molecule has 2 aliphatic rings. The Hall–Kier alpha value is -2.04. The van der Waals surface area contributed by atoms with Crippen LogP contribution in [-0.2, 0) is 9.63 Å². The van der Waals surface area contributed by atoms with Crippen LogP contribution in [0.2, 0.25) is 0 Å². The monoisotopic (exact) mass is 329 g/mol. The van der Waals surface area contributed by atoms with Crippen LogP contribution >= 0.6 is 0 Å². The number of rotatable bonds is 6. The fraction of sp³-hybridized carbons (Fsp3) is 0.579. The van der Waals surface area contributed by atoms with E-state index >= 15 is 0 Å². The minimum absolute atomic E-state index is 0.0995. The van der Waals surface area contributed by atoms with Gasteiger partial charge < -0.3 is 15.9 Å². The molecule has 2 bridgehead atoms. The number of nitrogens with one attached hydrogen (secondary N) is 1. The Balaban J connectivity index is 1.43. The van der Waals surface area contributed by atoms with Crippen molar-refractivity contribution in [1.29, 1.82) is 0 Å². The Morgan fingerprint density at radius 2 is 2.08 bits per heavy atom. The molecule has 2 aliphatic carbocycles. The zero-order chi connectivity index (χ0) is 17.1. The predicted octanol–water partition coefficient (Wildman–Crippen LogP) is 2.57. The van der Waals surface area contributed by atoms with Crippen molar-refractivity contribution in [3.8, 4) is 0 Å². The molecule has 0 radical (unpaired) electrons. The first-order valence-electron chi connectivity index (χ1n) is 8.84. The standard InChI is InChI=1S/C19H27N3O2/c1-12-3-6-15(7-4-12)19(20)22-24-11-18(23)21-13(2)17-10-14-5-8-16(17)9-14/h3-4,6-7,13-14,16-17H,5,8-11H2,1-2H3,(H2,20,22)(H,21,23)/t13-,14-,16-,17-/m0/s1. The van der Waals surface area contributed by atoms with Gasteiger partial charge in [-0.05, 0) is 50.9 Å². The molecule has 4 atom stereocenters. The SMILES string of the molecule is Cc1ccc(/C(N)=N\OCC(=O)N[C@@H](C)[C@@H]2C[C@H]3CC[C@H]2C3)cc1. The number of oxime groups is 1. The maximum atomic E-state index is 12.0. The van der Waals surface area contributed by atoms with Crippen LogP contribution in [0.3, 0.4) is 0 Å². The molecule has 2 saturated carbocycles. The first kappa shape index (κ1) is 16.8. The predicted molar refractivity (Wildman–Crippen MR) is 94.4 cm³/mol. The number of amides is 1. The lowest BCUT2D eigenvalue weighted by Crippen LogP contribution is -2.41. The number of benzene rings is 1. The molecule has 24 heavy (non-hydrogen) atoms. The van der Waals surface area contributed by atoms with Crippen LogP contribution in [-0.4, -0.2) is 24.4 Å². The molecular formula is C19H27N3O2. The van der Waals surface area contributed by atoms with Crippen molar-refractivity contribution in [3.05, 3.63) is 35.4 Å². The third-order valence-corrected chi connectivity index (χ3v) is 5.53. The zero-order valence-electron chi connectivity index (χ0n) is 14.5. The summed E-state index contributed by atoms with van der Waals surface area (Å²) >= 11 is 0. The summed E-state index contributed by atoms with van der Waals surface area (Å²) in [6.45, 7) is 4.01. The van der Waals surface area contributed by atoms with Gasteiger partial charge in [0.05, 0.1) is 0 Å². The average molecular weight is 329 g/mol. The number of aryl methyl sites for hydroxylation is 1. The molecule has 5 nitrogen and oxygen atoms in total. The van der Waals surface area contributed by atoms with Crippen LogP contribution in [0.25, 0.3) is 0 Å². The Kier molecular flexibility index (Phi) is 5.07. The Bertz CT molecular complexity index is 612. The molecule has 0 spiro atoms. The van der Waals surface area contributed by atoms with Gasteiger partial charge in [0.15, 0.2) is 12.4 Å². The van der Waals surface area contributed by atoms with Crippen molar-refractivity contribution in [2.24, 2.45) is 28.6 Å². The third kappa shape index (κ3) is 3.89. The minimum atomic E-state index is -0.134. The van der Waals surface area contributed by atoms with Crippen LogP contribution in [0.15, 0.2) is 29.4 Å². The molecule has 1 amide bonds. The van der Waals surface area contributed by atoms with Gasteiger partial charge in [-0.2, -0.15) is 0 Å². The molecule has 0 aromatic heterocycles. The van der Waals surface area contributed by atoms with Crippen molar-refractivity contribution < 1.29 is 9.63 Å². The number of nitrogens with two attached hydrogens (primary N) is 1.